The predicted octanol–water partition coefficient (Wildman–Crippen LogP) is 15.7. The van der Waals surface area contributed by atoms with Crippen LogP contribution in [0.1, 0.15) is 323 Å². The minimum atomic E-state index is -2.97. The van der Waals surface area contributed by atoms with Crippen LogP contribution in [0.15, 0.2) is 49.1 Å². The van der Waals surface area contributed by atoms with Crippen molar-refractivity contribution in [2.75, 3.05) is 86.7 Å². The lowest BCUT2D eigenvalue weighted by Crippen LogP contribution is -2.38. The number of rotatable bonds is 31. The summed E-state index contributed by atoms with van der Waals surface area (Å²) in [5, 5.41) is 74.5. The molecule has 12 heterocycles. The summed E-state index contributed by atoms with van der Waals surface area (Å²) in [5.41, 5.74) is 3.01. The summed E-state index contributed by atoms with van der Waals surface area (Å²) >= 11 is 4.49. The van der Waals surface area contributed by atoms with Crippen LogP contribution < -0.4 is 42.5 Å². The average molecular weight is 1990 g/mol. The number of aromatic nitrogens is 8. The first-order valence-electron chi connectivity index (χ1n) is 48.3. The van der Waals surface area contributed by atoms with Crippen molar-refractivity contribution < 1.29 is 67.6 Å². The first-order chi connectivity index (χ1) is 65.3. The van der Waals surface area contributed by atoms with Crippen molar-refractivity contribution in [2.24, 2.45) is 10.8 Å². The number of nitrogens with one attached hydrogen (secondary N) is 8. The molecule has 4 saturated heterocycles. The number of carbonyl (C=O) groups excluding carboxylic acids is 8. The number of alkyl halides is 2. The SMILES string of the molecule is CC[C@H](C)Nc1cc(C)c(-c2sc(C(=O)NCC(C)(C)O)nc2C(=O)N2CCC[C@@H]2C)cn1.C[C@H]1CCCN1C(=O)c1nc(C(=O)NCC(C)(C)O)sc1-c1cnc(NC2CCCCC2)c(C#N)c1.Cc1cc(NCC2(C)CC2)ncc1-c1sc(C(=O)NCC(C)(C)O)nc1C(=O)N1CC(F)(F)C[C@@H]1C.Cc1cc(NCC2(C)CC2)ncc1-c1sc(C(=O)NCC(C)(C)O)nc1C(=O)N1CCC[C@@H]1C. The van der Waals surface area contributed by atoms with E-state index in [9.17, 15) is 72.8 Å². The summed E-state index contributed by atoms with van der Waals surface area (Å²) in [7, 11) is 0. The minimum absolute atomic E-state index is 0.0134. The number of amides is 8. The zero-order valence-corrected chi connectivity index (χ0v) is 86.7. The summed E-state index contributed by atoms with van der Waals surface area (Å²) < 4.78 is 28.1. The van der Waals surface area contributed by atoms with Crippen molar-refractivity contribution in [1.82, 2.24) is 80.7 Å². The van der Waals surface area contributed by atoms with Crippen molar-refractivity contribution in [2.45, 2.75) is 305 Å². The number of nitriles is 1. The molecule has 4 aliphatic heterocycles. The highest BCUT2D eigenvalue weighted by atomic mass is 32.1. The maximum Gasteiger partial charge on any atom is 0.280 e. The van der Waals surface area contributed by atoms with E-state index in [0.717, 1.165) is 151 Å². The van der Waals surface area contributed by atoms with Gasteiger partial charge in [-0.05, 0) is 246 Å². The number of hydrogen-bond donors (Lipinski definition) is 12. The van der Waals surface area contributed by atoms with E-state index in [4.69, 9.17) is 0 Å². The van der Waals surface area contributed by atoms with Crippen LogP contribution in [-0.2, 0) is 0 Å². The third kappa shape index (κ3) is 28.8. The van der Waals surface area contributed by atoms with E-state index >= 15 is 0 Å². The fourth-order valence-corrected chi connectivity index (χ4v) is 20.7. The standard InChI is InChI=1S/C26H34N6O3S.C25H33F2N5O3S.C25H35N5O3S.C24H35N5O3S/c1-16-8-7-11-32(16)25(34)20-21(36-24(31-20)23(33)29-15-26(2,3)35)18-12-17(13-27)22(28-14-18)30-19-9-5-4-6-10-19;1-14-8-17(29-12-24(5)6-7-24)28-10-16(14)19-18(22(34)32-13-25(26,27)9-15(32)2)31-21(36-19)20(33)30-11-23(3,4)35;1-15-11-18(27-14-25(5)8-9-25)26-12-17(15)20-19(23(32)30-10-6-7-16(30)2)29-22(34-20)21(31)28-13-24(3,4)33;1-7-15(3)27-18-11-14(2)17(12-25-18)20-19(23(31)29-10-8-9-16(29)4)28-22(33-20)21(30)26-13-24(5,6)32/h12,14,16,19,35H,4-11,15H2,1-3H3,(H,28,30)(H,29,33);8,10,15,35H,6-7,9,11-13H2,1-5H3,(H,28,29)(H,30,33);11-12,16,33H,6-10,13-14H2,1-5H3,(H,26,27)(H,28,31);11-12,15-16,32H,7-10,13H2,1-6H3,(H,25,27)(H,26,30)/t16-;15-;16-;15-,16-/m0000/s1. The molecule has 0 radical (unpaired) electrons. The van der Waals surface area contributed by atoms with E-state index in [1.165, 1.54) is 54.8 Å². The molecule has 3 saturated carbocycles. The van der Waals surface area contributed by atoms with Crippen molar-refractivity contribution in [3.8, 4) is 47.8 Å². The van der Waals surface area contributed by atoms with E-state index in [2.05, 4.69) is 116 Å². The number of thiazole rings is 4. The van der Waals surface area contributed by atoms with E-state index in [1.54, 1.807) is 98.1 Å². The number of anilines is 4. The van der Waals surface area contributed by atoms with Crippen molar-refractivity contribution in [3.63, 3.8) is 0 Å². The third-order valence-electron chi connectivity index (χ3n) is 25.9. The smallest absolute Gasteiger partial charge is 0.280 e. The molecule has 139 heavy (non-hydrogen) atoms. The first kappa shape index (κ1) is 107. The molecule has 7 aliphatic rings. The van der Waals surface area contributed by atoms with Gasteiger partial charge in [-0.15, -0.1) is 45.3 Å². The Balaban J connectivity index is 0.000000166. The molecule has 0 unspecified atom stereocenters. The molecular weight excluding hydrogens is 1850 g/mol. The summed E-state index contributed by atoms with van der Waals surface area (Å²) in [4.78, 5) is 150. The molecule has 39 heteroatoms. The van der Waals surface area contributed by atoms with Crippen LogP contribution in [0, 0.1) is 42.9 Å². The largest absolute Gasteiger partial charge is 0.389 e. The van der Waals surface area contributed by atoms with Gasteiger partial charge >= 0.3 is 0 Å². The number of aliphatic hydroxyl groups is 4. The second-order valence-electron chi connectivity index (χ2n) is 41.7. The molecule has 0 spiro atoms. The Morgan fingerprint density at radius 2 is 0.813 bits per heavy atom. The maximum absolute atomic E-state index is 14.0. The summed E-state index contributed by atoms with van der Waals surface area (Å²) in [6.45, 7) is 38.2. The Bertz CT molecular complexity index is 5830. The molecule has 8 aromatic heterocycles. The second-order valence-corrected chi connectivity index (χ2v) is 45.7. The number of aryl methyl sites for hydroxylation is 3. The zero-order valence-electron chi connectivity index (χ0n) is 83.4. The molecule has 5 atom stereocenters. The van der Waals surface area contributed by atoms with E-state index < -0.39 is 76.9 Å². The van der Waals surface area contributed by atoms with Gasteiger partial charge in [0.15, 0.2) is 20.0 Å². The lowest BCUT2D eigenvalue weighted by atomic mass is 9.95. The maximum atomic E-state index is 14.0. The molecule has 8 amide bonds. The highest BCUT2D eigenvalue weighted by molar-refractivity contribution is 7.18. The van der Waals surface area contributed by atoms with Gasteiger partial charge in [0.2, 0.25) is 0 Å². The van der Waals surface area contributed by atoms with Gasteiger partial charge < -0.3 is 82.6 Å². The number of halogens is 2. The van der Waals surface area contributed by atoms with Crippen LogP contribution in [0.4, 0.5) is 32.1 Å². The van der Waals surface area contributed by atoms with Crippen LogP contribution in [-0.4, -0.2) is 257 Å². The predicted molar refractivity (Wildman–Crippen MR) is 540 cm³/mol. The van der Waals surface area contributed by atoms with Crippen molar-refractivity contribution >= 4 is 116 Å². The van der Waals surface area contributed by atoms with E-state index in [-0.39, 0.29) is 99.1 Å². The van der Waals surface area contributed by atoms with E-state index in [0.29, 0.717) is 96.1 Å². The molecule has 8 aromatic rings. The molecule has 0 bridgehead atoms. The molecule has 752 valence electrons. The van der Waals surface area contributed by atoms with Gasteiger partial charge in [-0.1, -0.05) is 40.0 Å². The lowest BCUT2D eigenvalue weighted by molar-refractivity contribution is 0.0117. The Hall–Kier alpha value is -10.7. The normalized spacial score (nSPS) is 18.9. The van der Waals surface area contributed by atoms with Crippen LogP contribution in [0.3, 0.4) is 0 Å². The Morgan fingerprint density at radius 1 is 0.475 bits per heavy atom. The molecular formula is C100H137F2N21O12S4. The van der Waals surface area contributed by atoms with Gasteiger partial charge in [0, 0.05) is 149 Å². The third-order valence-corrected chi connectivity index (χ3v) is 30.3. The number of hydrogen-bond acceptors (Lipinski definition) is 29. The van der Waals surface area contributed by atoms with Gasteiger partial charge in [-0.3, -0.25) is 38.4 Å². The topological polar surface area (TPSA) is 454 Å². The van der Waals surface area contributed by atoms with Gasteiger partial charge in [0.1, 0.15) is 52.1 Å². The monoisotopic (exact) mass is 1990 g/mol. The summed E-state index contributed by atoms with van der Waals surface area (Å²) in [6, 6.07) is 10.1. The zero-order chi connectivity index (χ0) is 101. The van der Waals surface area contributed by atoms with Gasteiger partial charge in [-0.2, -0.15) is 5.26 Å². The van der Waals surface area contributed by atoms with Gasteiger partial charge in [-0.25, -0.2) is 48.7 Å². The number of likely N-dealkylation sites (tertiary alicyclic amines) is 4. The Kier molecular flexibility index (Phi) is 34.4. The van der Waals surface area contributed by atoms with Crippen LogP contribution in [0.2, 0.25) is 0 Å². The molecule has 33 nitrogen and oxygen atoms in total. The van der Waals surface area contributed by atoms with Crippen molar-refractivity contribution in [3.05, 3.63) is 114 Å². The molecule has 7 fully saturated rings. The van der Waals surface area contributed by atoms with Crippen LogP contribution in [0.25, 0.3) is 41.8 Å². The average Bonchev–Trinajstić information content (AvgIpc) is 1.70. The first-order valence-corrected chi connectivity index (χ1v) is 51.5. The van der Waals surface area contributed by atoms with Gasteiger partial charge in [0.05, 0.1) is 54.0 Å². The Labute approximate surface area is 829 Å². The highest BCUT2D eigenvalue weighted by Crippen LogP contribution is 2.47. The summed E-state index contributed by atoms with van der Waals surface area (Å²) in [5.74, 6) is -3.13. The minimum Gasteiger partial charge on any atom is -0.389 e. The highest BCUT2D eigenvalue weighted by Gasteiger charge is 2.47. The fourth-order valence-electron chi connectivity index (χ4n) is 16.6. The lowest BCUT2D eigenvalue weighted by Gasteiger charge is -2.23. The van der Waals surface area contributed by atoms with Crippen molar-refractivity contribution in [1.29, 1.82) is 5.26 Å². The summed E-state index contributed by atoms with van der Waals surface area (Å²) in [6.07, 6.45) is 23.5. The van der Waals surface area contributed by atoms with Crippen LogP contribution in [0.5, 0.6) is 0 Å². The van der Waals surface area contributed by atoms with Gasteiger partial charge in [0.25, 0.3) is 53.2 Å². The fraction of sp³-hybridized carbons (Fsp3) is 0.590. The number of nitrogens with zero attached hydrogens (tertiary/aromatic N) is 13. The quantitative estimate of drug-likeness (QED) is 0.0192. The van der Waals surface area contributed by atoms with Crippen LogP contribution >= 0.6 is 45.3 Å². The second kappa shape index (κ2) is 44.6. The number of pyridine rings is 4. The Morgan fingerprint density at radius 3 is 1.12 bits per heavy atom. The molecule has 15 rings (SSSR count). The molecule has 3 aliphatic carbocycles. The molecule has 0 aromatic carbocycles. The number of carbonyl (C=O) groups is 8. The molecule has 12 N–H and O–H groups in total. The van der Waals surface area contributed by atoms with E-state index in [1.807, 2.05) is 69.5 Å².